The lowest BCUT2D eigenvalue weighted by molar-refractivity contribution is -0.123. The Labute approximate surface area is 172 Å². The van der Waals surface area contributed by atoms with Crippen molar-refractivity contribution in [1.82, 2.24) is 5.32 Å². The highest BCUT2D eigenvalue weighted by Gasteiger charge is 2.30. The number of hydrogen-bond acceptors (Lipinski definition) is 7. The van der Waals surface area contributed by atoms with Crippen molar-refractivity contribution in [2.45, 2.75) is 11.7 Å². The highest BCUT2D eigenvalue weighted by molar-refractivity contribution is 8.15. The van der Waals surface area contributed by atoms with E-state index in [1.807, 2.05) is 24.3 Å². The number of anilines is 1. The van der Waals surface area contributed by atoms with E-state index in [-0.39, 0.29) is 23.4 Å². The maximum Gasteiger partial charge on any atom is 0.238 e. The van der Waals surface area contributed by atoms with Gasteiger partial charge in [-0.15, -0.1) is 5.10 Å². The molecule has 1 atom stereocenters. The number of rotatable bonds is 6. The molecule has 2 amide bonds. The van der Waals surface area contributed by atoms with Crippen molar-refractivity contribution >= 4 is 40.6 Å². The van der Waals surface area contributed by atoms with Crippen LogP contribution in [0.3, 0.4) is 0 Å². The van der Waals surface area contributed by atoms with Gasteiger partial charge < -0.3 is 20.1 Å². The largest absolute Gasteiger partial charge is 0.497 e. The van der Waals surface area contributed by atoms with Gasteiger partial charge in [-0.3, -0.25) is 9.59 Å². The van der Waals surface area contributed by atoms with Crippen LogP contribution in [0.15, 0.2) is 58.7 Å². The summed E-state index contributed by atoms with van der Waals surface area (Å²) in [5.41, 5.74) is 1.45. The maximum absolute atomic E-state index is 12.5. The van der Waals surface area contributed by atoms with Crippen molar-refractivity contribution in [2.75, 3.05) is 19.5 Å². The van der Waals surface area contributed by atoms with Crippen LogP contribution in [0, 0.1) is 0 Å². The summed E-state index contributed by atoms with van der Waals surface area (Å²) >= 11 is 1.16. The molecule has 1 heterocycles. The standard InChI is InChI=1S/C20H20N4O4S/c1-27-15-7-3-13(4-8-15)12-21-24-20-23-18(25)11-17(29-20)19(26)22-14-5-9-16(28-2)10-6-14/h3-10,12,17H,11H2,1-2H3,(H,22,26)(H,23,24,25)/t17-/m0/s1. The molecular weight excluding hydrogens is 392 g/mol. The summed E-state index contributed by atoms with van der Waals surface area (Å²) in [5.74, 6) is 0.881. The van der Waals surface area contributed by atoms with Crippen molar-refractivity contribution in [3.63, 3.8) is 0 Å². The van der Waals surface area contributed by atoms with Crippen LogP contribution in [0.2, 0.25) is 0 Å². The predicted molar refractivity (Wildman–Crippen MR) is 114 cm³/mol. The van der Waals surface area contributed by atoms with Crippen molar-refractivity contribution in [1.29, 1.82) is 0 Å². The first kappa shape index (κ1) is 20.4. The number of methoxy groups -OCH3 is 2. The van der Waals surface area contributed by atoms with Crippen LogP contribution in [-0.2, 0) is 9.59 Å². The van der Waals surface area contributed by atoms with Gasteiger partial charge in [0.25, 0.3) is 0 Å². The van der Waals surface area contributed by atoms with Gasteiger partial charge >= 0.3 is 0 Å². The van der Waals surface area contributed by atoms with Gasteiger partial charge in [0.2, 0.25) is 11.8 Å². The summed E-state index contributed by atoms with van der Waals surface area (Å²) < 4.78 is 10.2. The fourth-order valence-electron chi connectivity index (χ4n) is 2.47. The molecule has 2 N–H and O–H groups in total. The second-order valence-electron chi connectivity index (χ2n) is 6.00. The van der Waals surface area contributed by atoms with E-state index in [2.05, 4.69) is 20.8 Å². The SMILES string of the molecule is COc1ccc(C=NN=C2NC(=O)C[C@@H](C(=O)Nc3ccc(OC)cc3)S2)cc1. The number of carbonyl (C=O) groups excluding carboxylic acids is 2. The Balaban J connectivity index is 1.62. The second-order valence-corrected chi connectivity index (χ2v) is 7.19. The average molecular weight is 412 g/mol. The zero-order valence-corrected chi connectivity index (χ0v) is 16.7. The fourth-order valence-corrected chi connectivity index (χ4v) is 3.41. The molecule has 8 nitrogen and oxygen atoms in total. The van der Waals surface area contributed by atoms with Crippen LogP contribution in [0.4, 0.5) is 5.69 Å². The molecule has 29 heavy (non-hydrogen) atoms. The fraction of sp³-hybridized carbons (Fsp3) is 0.200. The zero-order chi connectivity index (χ0) is 20.6. The van der Waals surface area contributed by atoms with E-state index in [4.69, 9.17) is 9.47 Å². The van der Waals surface area contributed by atoms with Crippen LogP contribution in [0.25, 0.3) is 0 Å². The van der Waals surface area contributed by atoms with Gasteiger partial charge in [0.15, 0.2) is 5.17 Å². The molecule has 2 aromatic rings. The molecular formula is C20H20N4O4S. The number of amides is 2. The highest BCUT2D eigenvalue weighted by atomic mass is 32.2. The van der Waals surface area contributed by atoms with Gasteiger partial charge in [-0.2, -0.15) is 5.10 Å². The van der Waals surface area contributed by atoms with Gasteiger partial charge in [0, 0.05) is 12.1 Å². The lowest BCUT2D eigenvalue weighted by atomic mass is 10.2. The maximum atomic E-state index is 12.5. The van der Waals surface area contributed by atoms with Gasteiger partial charge in [0.05, 0.1) is 20.4 Å². The molecule has 0 bridgehead atoms. The molecule has 1 aliphatic rings. The third-order valence-corrected chi connectivity index (χ3v) is 5.06. The van der Waals surface area contributed by atoms with Crippen molar-refractivity contribution < 1.29 is 19.1 Å². The van der Waals surface area contributed by atoms with E-state index in [1.54, 1.807) is 44.7 Å². The quantitative estimate of drug-likeness (QED) is 0.561. The minimum atomic E-state index is -0.596. The Hall–Kier alpha value is -3.33. The summed E-state index contributed by atoms with van der Waals surface area (Å²) in [7, 11) is 3.17. The third-order valence-electron chi connectivity index (χ3n) is 3.99. The zero-order valence-electron chi connectivity index (χ0n) is 15.9. The van der Waals surface area contributed by atoms with Crippen molar-refractivity contribution in [3.05, 3.63) is 54.1 Å². The summed E-state index contributed by atoms with van der Waals surface area (Å²) in [5, 5.41) is 13.1. The molecule has 1 saturated heterocycles. The van der Waals surface area contributed by atoms with Gasteiger partial charge in [0.1, 0.15) is 16.7 Å². The van der Waals surface area contributed by atoms with Gasteiger partial charge in [-0.05, 0) is 54.1 Å². The molecule has 0 saturated carbocycles. The summed E-state index contributed by atoms with van der Waals surface area (Å²) in [6, 6.07) is 14.3. The predicted octanol–water partition coefficient (Wildman–Crippen LogP) is 2.65. The lowest BCUT2D eigenvalue weighted by Crippen LogP contribution is -2.41. The first-order chi connectivity index (χ1) is 14.1. The number of amidine groups is 1. The Morgan fingerprint density at radius 2 is 1.72 bits per heavy atom. The monoisotopic (exact) mass is 412 g/mol. The lowest BCUT2D eigenvalue weighted by Gasteiger charge is -2.21. The third kappa shape index (κ3) is 5.82. The van der Waals surface area contributed by atoms with E-state index in [0.717, 1.165) is 23.1 Å². The van der Waals surface area contributed by atoms with Crippen LogP contribution in [0.5, 0.6) is 11.5 Å². The molecule has 1 aliphatic heterocycles. The number of nitrogens with one attached hydrogen (secondary N) is 2. The smallest absolute Gasteiger partial charge is 0.238 e. The van der Waals surface area contributed by atoms with Crippen molar-refractivity contribution in [2.24, 2.45) is 10.2 Å². The summed E-state index contributed by atoms with van der Waals surface area (Å²) in [6.45, 7) is 0. The molecule has 2 aromatic carbocycles. The molecule has 0 radical (unpaired) electrons. The molecule has 0 aromatic heterocycles. The molecule has 9 heteroatoms. The summed E-state index contributed by atoms with van der Waals surface area (Å²) in [6.07, 6.45) is 1.62. The van der Waals surface area contributed by atoms with E-state index < -0.39 is 5.25 Å². The molecule has 3 rings (SSSR count). The molecule has 0 aliphatic carbocycles. The second kappa shape index (κ2) is 9.74. The summed E-state index contributed by atoms with van der Waals surface area (Å²) in [4.78, 5) is 24.5. The highest BCUT2D eigenvalue weighted by Crippen LogP contribution is 2.23. The van der Waals surface area contributed by atoms with Crippen molar-refractivity contribution in [3.8, 4) is 11.5 Å². The average Bonchev–Trinajstić information content (AvgIpc) is 2.74. The van der Waals surface area contributed by atoms with Gasteiger partial charge in [-0.1, -0.05) is 11.8 Å². The van der Waals surface area contributed by atoms with E-state index >= 15 is 0 Å². The van der Waals surface area contributed by atoms with Crippen LogP contribution < -0.4 is 20.1 Å². The number of nitrogens with zero attached hydrogens (tertiary/aromatic N) is 2. The molecule has 1 fully saturated rings. The number of thioether (sulfide) groups is 1. The number of hydrogen-bond donors (Lipinski definition) is 2. The normalized spacial score (nSPS) is 17.8. The first-order valence-corrected chi connectivity index (χ1v) is 9.62. The molecule has 150 valence electrons. The van der Waals surface area contributed by atoms with E-state index in [1.165, 1.54) is 0 Å². The Morgan fingerprint density at radius 3 is 2.34 bits per heavy atom. The number of ether oxygens (including phenoxy) is 2. The molecule has 0 spiro atoms. The Bertz CT molecular complexity index is 927. The van der Waals surface area contributed by atoms with Crippen LogP contribution >= 0.6 is 11.8 Å². The topological polar surface area (TPSA) is 101 Å². The minimum Gasteiger partial charge on any atom is -0.497 e. The molecule has 0 unspecified atom stereocenters. The Morgan fingerprint density at radius 1 is 1.10 bits per heavy atom. The van der Waals surface area contributed by atoms with Gasteiger partial charge in [-0.25, -0.2) is 0 Å². The van der Waals surface area contributed by atoms with E-state index in [9.17, 15) is 9.59 Å². The minimum absolute atomic E-state index is 0.0634. The first-order valence-electron chi connectivity index (χ1n) is 8.74. The van der Waals surface area contributed by atoms with E-state index in [0.29, 0.717) is 11.4 Å². The number of benzene rings is 2. The van der Waals surface area contributed by atoms with Crippen LogP contribution in [-0.4, -0.2) is 42.7 Å². The number of carbonyl (C=O) groups is 2. The van der Waals surface area contributed by atoms with Crippen LogP contribution in [0.1, 0.15) is 12.0 Å². The Kier molecular flexibility index (Phi) is 6.85.